The topological polar surface area (TPSA) is 17.8 Å². The second-order valence-corrected chi connectivity index (χ2v) is 6.48. The van der Waals surface area contributed by atoms with Crippen LogP contribution >= 0.6 is 43.5 Å². The van der Waals surface area contributed by atoms with Crippen LogP contribution in [0.4, 0.5) is 0 Å². The van der Waals surface area contributed by atoms with Gasteiger partial charge in [0.1, 0.15) is 5.15 Å². The van der Waals surface area contributed by atoms with E-state index in [1.165, 1.54) is 0 Å². The highest BCUT2D eigenvalue weighted by Gasteiger charge is 2.12. The highest BCUT2D eigenvalue weighted by molar-refractivity contribution is 9.10. The zero-order chi connectivity index (χ0) is 13.6. The molecule has 2 aromatic carbocycles. The number of hydrogen-bond acceptors (Lipinski definition) is 1. The van der Waals surface area contributed by atoms with Gasteiger partial charge < -0.3 is 0 Å². The molecule has 5 heteroatoms. The van der Waals surface area contributed by atoms with Crippen molar-refractivity contribution in [2.75, 3.05) is 0 Å². The number of fused-ring (bicyclic) bond motifs is 1. The average Bonchev–Trinajstić information content (AvgIpc) is 2.67. The molecule has 0 aliphatic carbocycles. The first-order valence-electron chi connectivity index (χ1n) is 5.66. The first-order valence-corrected chi connectivity index (χ1v) is 7.63. The molecular formula is C14H9Br2ClN2. The van der Waals surface area contributed by atoms with Gasteiger partial charge in [-0.05, 0) is 48.9 Å². The van der Waals surface area contributed by atoms with Crippen LogP contribution in [0.15, 0.2) is 45.3 Å². The van der Waals surface area contributed by atoms with E-state index in [1.54, 1.807) is 4.68 Å². The second kappa shape index (κ2) is 4.93. The lowest BCUT2D eigenvalue weighted by Crippen LogP contribution is -1.98. The molecule has 0 bridgehead atoms. The fourth-order valence-corrected chi connectivity index (χ4v) is 3.16. The van der Waals surface area contributed by atoms with E-state index >= 15 is 0 Å². The number of rotatable bonds is 1. The molecule has 0 N–H and O–H groups in total. The molecule has 2 nitrogen and oxygen atoms in total. The van der Waals surface area contributed by atoms with Crippen molar-refractivity contribution >= 4 is 54.4 Å². The summed E-state index contributed by atoms with van der Waals surface area (Å²) in [7, 11) is 0. The quantitative estimate of drug-likeness (QED) is 0.526. The largest absolute Gasteiger partial charge is 0.221 e. The number of aryl methyl sites for hydroxylation is 1. The van der Waals surface area contributed by atoms with Crippen molar-refractivity contribution in [3.8, 4) is 5.69 Å². The summed E-state index contributed by atoms with van der Waals surface area (Å²) >= 11 is 13.4. The molecule has 0 aliphatic rings. The fraction of sp³-hybridized carbons (Fsp3) is 0.0714. The Morgan fingerprint density at radius 1 is 1.05 bits per heavy atom. The molecule has 0 atom stereocenters. The average molecular weight is 401 g/mol. The van der Waals surface area contributed by atoms with Crippen LogP contribution in [0.5, 0.6) is 0 Å². The van der Waals surface area contributed by atoms with Crippen molar-refractivity contribution in [2.45, 2.75) is 6.92 Å². The monoisotopic (exact) mass is 398 g/mol. The van der Waals surface area contributed by atoms with E-state index in [0.717, 1.165) is 31.1 Å². The Balaban J connectivity index is 2.28. The van der Waals surface area contributed by atoms with E-state index in [9.17, 15) is 0 Å². The van der Waals surface area contributed by atoms with Crippen molar-refractivity contribution in [1.29, 1.82) is 0 Å². The standard InChI is InChI=1S/C14H9Br2ClN2/c1-8-6-9(15)3-5-13(8)19-14(17)11-7-10(16)2-4-12(11)18-19/h2-7H,1H3. The van der Waals surface area contributed by atoms with E-state index in [-0.39, 0.29) is 0 Å². The number of aromatic nitrogens is 2. The predicted molar refractivity (Wildman–Crippen MR) is 86.2 cm³/mol. The summed E-state index contributed by atoms with van der Waals surface area (Å²) < 4.78 is 3.82. The van der Waals surface area contributed by atoms with E-state index in [2.05, 4.69) is 37.0 Å². The Kier molecular flexibility index (Phi) is 3.41. The van der Waals surface area contributed by atoms with Gasteiger partial charge in [-0.2, -0.15) is 5.10 Å². The highest BCUT2D eigenvalue weighted by Crippen LogP contribution is 2.30. The van der Waals surface area contributed by atoms with Gasteiger partial charge in [-0.25, -0.2) is 4.68 Å². The zero-order valence-corrected chi connectivity index (χ0v) is 13.9. The fourth-order valence-electron chi connectivity index (χ4n) is 2.04. The molecular weight excluding hydrogens is 391 g/mol. The van der Waals surface area contributed by atoms with Crippen molar-refractivity contribution in [2.24, 2.45) is 0 Å². The molecule has 1 aromatic heterocycles. The third-order valence-electron chi connectivity index (χ3n) is 2.96. The minimum absolute atomic E-state index is 0.627. The van der Waals surface area contributed by atoms with Crippen LogP contribution in [0.1, 0.15) is 5.56 Å². The summed E-state index contributed by atoms with van der Waals surface area (Å²) in [6.45, 7) is 2.04. The van der Waals surface area contributed by atoms with Crippen LogP contribution in [0.3, 0.4) is 0 Å². The molecule has 0 aliphatic heterocycles. The van der Waals surface area contributed by atoms with Gasteiger partial charge in [-0.3, -0.25) is 0 Å². The summed E-state index contributed by atoms with van der Waals surface area (Å²) in [6.07, 6.45) is 0. The van der Waals surface area contributed by atoms with Gasteiger partial charge in [0.2, 0.25) is 0 Å². The molecule has 0 saturated heterocycles. The maximum Gasteiger partial charge on any atom is 0.140 e. The second-order valence-electron chi connectivity index (χ2n) is 4.29. The van der Waals surface area contributed by atoms with Gasteiger partial charge >= 0.3 is 0 Å². The third-order valence-corrected chi connectivity index (χ3v) is 4.31. The van der Waals surface area contributed by atoms with Crippen molar-refractivity contribution in [3.63, 3.8) is 0 Å². The Hall–Kier alpha value is -0.840. The lowest BCUT2D eigenvalue weighted by atomic mass is 10.2. The first-order chi connectivity index (χ1) is 9.06. The van der Waals surface area contributed by atoms with Gasteiger partial charge in [0, 0.05) is 14.3 Å². The lowest BCUT2D eigenvalue weighted by Gasteiger charge is -2.07. The molecule has 0 unspecified atom stereocenters. The summed E-state index contributed by atoms with van der Waals surface area (Å²) in [5, 5.41) is 6.13. The van der Waals surface area contributed by atoms with E-state index in [4.69, 9.17) is 11.6 Å². The zero-order valence-electron chi connectivity index (χ0n) is 9.99. The number of halogens is 3. The molecule has 0 fully saturated rings. The van der Waals surface area contributed by atoms with Crippen molar-refractivity contribution in [1.82, 2.24) is 9.78 Å². The molecule has 0 radical (unpaired) electrons. The molecule has 96 valence electrons. The maximum atomic E-state index is 6.44. The summed E-state index contributed by atoms with van der Waals surface area (Å²) in [6, 6.07) is 11.9. The number of benzene rings is 2. The van der Waals surface area contributed by atoms with E-state index in [1.807, 2.05) is 43.3 Å². The first kappa shape index (κ1) is 13.2. The summed E-state index contributed by atoms with van der Waals surface area (Å²) in [4.78, 5) is 0. The molecule has 0 amide bonds. The SMILES string of the molecule is Cc1cc(Br)ccc1-n1nc2ccc(Br)cc2c1Cl. The van der Waals surface area contributed by atoms with Crippen LogP contribution in [0, 0.1) is 6.92 Å². The maximum absolute atomic E-state index is 6.44. The van der Waals surface area contributed by atoms with Crippen molar-refractivity contribution < 1.29 is 0 Å². The van der Waals surface area contributed by atoms with Gasteiger partial charge in [0.15, 0.2) is 0 Å². The highest BCUT2D eigenvalue weighted by atomic mass is 79.9. The molecule has 0 spiro atoms. The molecule has 0 saturated carbocycles. The molecule has 1 heterocycles. The van der Waals surface area contributed by atoms with E-state index in [0.29, 0.717) is 5.15 Å². The Morgan fingerprint density at radius 2 is 1.74 bits per heavy atom. The van der Waals surface area contributed by atoms with Gasteiger partial charge in [-0.1, -0.05) is 43.5 Å². The summed E-state index contributed by atoms with van der Waals surface area (Å²) in [5.41, 5.74) is 2.99. The van der Waals surface area contributed by atoms with Gasteiger partial charge in [-0.15, -0.1) is 0 Å². The smallest absolute Gasteiger partial charge is 0.140 e. The number of nitrogens with zero attached hydrogens (tertiary/aromatic N) is 2. The normalized spacial score (nSPS) is 11.2. The number of hydrogen-bond donors (Lipinski definition) is 0. The Bertz CT molecular complexity index is 780. The Morgan fingerprint density at radius 3 is 2.47 bits per heavy atom. The van der Waals surface area contributed by atoms with Gasteiger partial charge in [0.05, 0.1) is 11.2 Å². The van der Waals surface area contributed by atoms with E-state index < -0.39 is 0 Å². The van der Waals surface area contributed by atoms with Crippen LogP contribution < -0.4 is 0 Å². The van der Waals surface area contributed by atoms with Crippen LogP contribution in [-0.2, 0) is 0 Å². The lowest BCUT2D eigenvalue weighted by molar-refractivity contribution is 0.888. The molecule has 3 aromatic rings. The minimum atomic E-state index is 0.627. The minimum Gasteiger partial charge on any atom is -0.221 e. The van der Waals surface area contributed by atoms with Crippen molar-refractivity contribution in [3.05, 3.63) is 56.1 Å². The van der Waals surface area contributed by atoms with Gasteiger partial charge in [0.25, 0.3) is 0 Å². The Labute approximate surface area is 132 Å². The predicted octanol–water partition coefficient (Wildman–Crippen LogP) is 5.51. The third kappa shape index (κ3) is 2.33. The summed E-state index contributed by atoms with van der Waals surface area (Å²) in [5.74, 6) is 0. The molecule has 3 rings (SSSR count). The molecule has 19 heavy (non-hydrogen) atoms. The van der Waals surface area contributed by atoms with Crippen LogP contribution in [0.25, 0.3) is 16.6 Å². The van der Waals surface area contributed by atoms with Crippen LogP contribution in [-0.4, -0.2) is 9.78 Å². The van der Waals surface area contributed by atoms with Crippen LogP contribution in [0.2, 0.25) is 5.15 Å².